The Morgan fingerprint density at radius 1 is 1.11 bits per heavy atom. The number of hydrogen-bond donors (Lipinski definition) is 3. The van der Waals surface area contributed by atoms with E-state index in [1.807, 2.05) is 23.6 Å². The van der Waals surface area contributed by atoms with Crippen LogP contribution in [-0.4, -0.2) is 70.6 Å². The Balaban J connectivity index is 1.51. The van der Waals surface area contributed by atoms with Gasteiger partial charge < -0.3 is 26.0 Å². The quantitative estimate of drug-likeness (QED) is 0.636. The first kappa shape index (κ1) is 20.9. The number of nitrogens with one attached hydrogen (secondary N) is 1. The smallest absolute Gasteiger partial charge is 0.312 e. The first-order chi connectivity index (χ1) is 13.1. The summed E-state index contributed by atoms with van der Waals surface area (Å²) >= 11 is 0. The van der Waals surface area contributed by atoms with Crippen molar-refractivity contribution in [2.75, 3.05) is 26.2 Å². The summed E-state index contributed by atoms with van der Waals surface area (Å²) in [5.74, 6) is 0.870. The number of amides is 4. The third kappa shape index (κ3) is 4.77. The van der Waals surface area contributed by atoms with E-state index < -0.39 is 11.6 Å². The molecule has 1 aliphatic carbocycles. The van der Waals surface area contributed by atoms with Gasteiger partial charge in [-0.3, -0.25) is 9.59 Å². The second-order valence-electron chi connectivity index (χ2n) is 9.29. The molecule has 8 heteroatoms. The number of piperidine rings is 1. The maximum absolute atomic E-state index is 13.1. The molecule has 3 aliphatic rings. The highest BCUT2D eigenvalue weighted by atomic mass is 16.3. The maximum Gasteiger partial charge on any atom is 0.312 e. The summed E-state index contributed by atoms with van der Waals surface area (Å²) in [6.07, 6.45) is 4.63. The van der Waals surface area contributed by atoms with Crippen molar-refractivity contribution in [3.63, 3.8) is 0 Å². The molecule has 158 valence electrons. The number of likely N-dealkylation sites (tertiary alicyclic amines) is 2. The van der Waals surface area contributed by atoms with Gasteiger partial charge in [-0.15, -0.1) is 0 Å². The number of nitrogens with zero attached hydrogens (tertiary/aromatic N) is 2. The van der Waals surface area contributed by atoms with Crippen LogP contribution in [-0.2, 0) is 9.59 Å². The van der Waals surface area contributed by atoms with E-state index in [9.17, 15) is 19.5 Å². The number of urea groups is 1. The second kappa shape index (κ2) is 8.27. The molecular formula is C20H34N4O4. The molecule has 0 aromatic heterocycles. The molecule has 0 aromatic rings. The second-order valence-corrected chi connectivity index (χ2v) is 9.29. The van der Waals surface area contributed by atoms with Gasteiger partial charge in [0.25, 0.3) is 0 Å². The minimum atomic E-state index is -0.678. The van der Waals surface area contributed by atoms with Crippen molar-refractivity contribution < 1.29 is 19.5 Å². The zero-order valence-electron chi connectivity index (χ0n) is 17.0. The Kier molecular flexibility index (Phi) is 6.17. The summed E-state index contributed by atoms with van der Waals surface area (Å²) in [5.41, 5.74) is 4.36. The van der Waals surface area contributed by atoms with Crippen LogP contribution in [0.25, 0.3) is 0 Å². The summed E-state index contributed by atoms with van der Waals surface area (Å²) in [5, 5.41) is 12.7. The highest BCUT2D eigenvalue weighted by Crippen LogP contribution is 2.37. The fraction of sp³-hybridized carbons (Fsp3) is 0.850. The van der Waals surface area contributed by atoms with Gasteiger partial charge in [-0.05, 0) is 57.8 Å². The summed E-state index contributed by atoms with van der Waals surface area (Å²) in [4.78, 5) is 40.1. The molecule has 3 fully saturated rings. The number of nitrogens with two attached hydrogens (primary N) is 1. The van der Waals surface area contributed by atoms with Gasteiger partial charge in [-0.1, -0.05) is 0 Å². The van der Waals surface area contributed by atoms with E-state index in [2.05, 4.69) is 5.32 Å². The first-order valence-corrected chi connectivity index (χ1v) is 10.5. The van der Waals surface area contributed by atoms with Crippen molar-refractivity contribution in [1.29, 1.82) is 0 Å². The lowest BCUT2D eigenvalue weighted by molar-refractivity contribution is -0.140. The van der Waals surface area contributed by atoms with Crippen molar-refractivity contribution in [2.24, 2.45) is 23.5 Å². The average molecular weight is 395 g/mol. The Hall–Kier alpha value is -1.83. The normalized spacial score (nSPS) is 30.2. The third-order valence-electron chi connectivity index (χ3n) is 6.76. The molecule has 2 bridgehead atoms. The fourth-order valence-corrected chi connectivity index (χ4v) is 5.19. The Morgan fingerprint density at radius 2 is 1.79 bits per heavy atom. The van der Waals surface area contributed by atoms with E-state index in [-0.39, 0.29) is 42.7 Å². The lowest BCUT2D eigenvalue weighted by atomic mass is 9.74. The van der Waals surface area contributed by atoms with Crippen LogP contribution in [0.2, 0.25) is 0 Å². The number of aliphatic hydroxyl groups is 1. The van der Waals surface area contributed by atoms with Crippen LogP contribution in [0.5, 0.6) is 0 Å². The number of carbonyl (C=O) groups excluding carboxylic acids is 3. The SMILES string of the molecule is CC(C)(O)C1CCC(C(=O)N2CC3CC(C2)N(C(=O)CCNC(N)=O)C3)CC1. The molecule has 8 nitrogen and oxygen atoms in total. The minimum absolute atomic E-state index is 0.0150. The highest BCUT2D eigenvalue weighted by molar-refractivity contribution is 5.80. The van der Waals surface area contributed by atoms with Gasteiger partial charge in [0.05, 0.1) is 5.60 Å². The van der Waals surface area contributed by atoms with E-state index in [0.29, 0.717) is 19.0 Å². The molecule has 2 atom stereocenters. The molecule has 2 unspecified atom stereocenters. The monoisotopic (exact) mass is 394 g/mol. The van der Waals surface area contributed by atoms with Gasteiger partial charge >= 0.3 is 6.03 Å². The molecule has 1 saturated carbocycles. The number of carbonyl (C=O) groups is 3. The van der Waals surface area contributed by atoms with Crippen LogP contribution < -0.4 is 11.1 Å². The molecule has 28 heavy (non-hydrogen) atoms. The van der Waals surface area contributed by atoms with Gasteiger partial charge in [0.15, 0.2) is 0 Å². The molecule has 0 aromatic carbocycles. The van der Waals surface area contributed by atoms with Crippen molar-refractivity contribution in [3.05, 3.63) is 0 Å². The Bertz CT molecular complexity index is 610. The zero-order valence-corrected chi connectivity index (χ0v) is 17.0. The summed E-state index contributed by atoms with van der Waals surface area (Å²) in [6, 6.07) is -0.541. The number of fused-ring (bicyclic) bond motifs is 2. The molecule has 2 saturated heterocycles. The predicted octanol–water partition coefficient (Wildman–Crippen LogP) is 0.681. The van der Waals surface area contributed by atoms with Crippen molar-refractivity contribution in [3.8, 4) is 0 Å². The standard InChI is InChI=1S/C20H34N4O4/c1-20(2,28)15-5-3-14(4-6-15)18(26)23-10-13-9-16(12-23)24(11-13)17(25)7-8-22-19(21)27/h13-16,28H,3-12H2,1-2H3,(H3,21,22,27). The first-order valence-electron chi connectivity index (χ1n) is 10.5. The number of rotatable bonds is 5. The summed E-state index contributed by atoms with van der Waals surface area (Å²) < 4.78 is 0. The Labute approximate surface area is 166 Å². The van der Waals surface area contributed by atoms with Crippen LogP contribution in [0.15, 0.2) is 0 Å². The molecule has 2 heterocycles. The summed E-state index contributed by atoms with van der Waals surface area (Å²) in [7, 11) is 0. The van der Waals surface area contributed by atoms with Crippen LogP contribution in [0, 0.1) is 17.8 Å². The Morgan fingerprint density at radius 3 is 2.39 bits per heavy atom. The van der Waals surface area contributed by atoms with E-state index in [4.69, 9.17) is 5.73 Å². The molecular weight excluding hydrogens is 360 g/mol. The highest BCUT2D eigenvalue weighted by Gasteiger charge is 2.43. The maximum atomic E-state index is 13.1. The van der Waals surface area contributed by atoms with Crippen LogP contribution >= 0.6 is 0 Å². The van der Waals surface area contributed by atoms with Gasteiger partial charge in [-0.25, -0.2) is 4.79 Å². The van der Waals surface area contributed by atoms with Gasteiger partial charge in [0.1, 0.15) is 0 Å². The fourth-order valence-electron chi connectivity index (χ4n) is 5.19. The van der Waals surface area contributed by atoms with Gasteiger partial charge in [0.2, 0.25) is 11.8 Å². The van der Waals surface area contributed by atoms with Gasteiger partial charge in [0, 0.05) is 44.6 Å². The molecule has 3 rings (SSSR count). The van der Waals surface area contributed by atoms with Crippen molar-refractivity contribution in [2.45, 2.75) is 64.0 Å². The van der Waals surface area contributed by atoms with Crippen molar-refractivity contribution >= 4 is 17.8 Å². The van der Waals surface area contributed by atoms with E-state index in [1.165, 1.54) is 0 Å². The molecule has 2 aliphatic heterocycles. The predicted molar refractivity (Wildman–Crippen MR) is 104 cm³/mol. The number of primary amides is 1. The zero-order chi connectivity index (χ0) is 20.5. The van der Waals surface area contributed by atoms with Crippen LogP contribution in [0.4, 0.5) is 4.79 Å². The van der Waals surface area contributed by atoms with Gasteiger partial charge in [-0.2, -0.15) is 0 Å². The topological polar surface area (TPSA) is 116 Å². The van der Waals surface area contributed by atoms with E-state index >= 15 is 0 Å². The van der Waals surface area contributed by atoms with E-state index in [1.54, 1.807) is 0 Å². The van der Waals surface area contributed by atoms with Crippen LogP contribution in [0.1, 0.15) is 52.4 Å². The largest absolute Gasteiger partial charge is 0.390 e. The molecule has 0 radical (unpaired) electrons. The third-order valence-corrected chi connectivity index (χ3v) is 6.76. The lowest BCUT2D eigenvalue weighted by Gasteiger charge is -2.39. The minimum Gasteiger partial charge on any atom is -0.390 e. The van der Waals surface area contributed by atoms with Crippen molar-refractivity contribution in [1.82, 2.24) is 15.1 Å². The number of hydrogen-bond acceptors (Lipinski definition) is 4. The average Bonchev–Trinajstić information content (AvgIpc) is 2.94. The van der Waals surface area contributed by atoms with Crippen LogP contribution in [0.3, 0.4) is 0 Å². The molecule has 4 N–H and O–H groups in total. The summed E-state index contributed by atoms with van der Waals surface area (Å²) in [6.45, 7) is 5.98. The molecule has 0 spiro atoms. The van der Waals surface area contributed by atoms with E-state index in [0.717, 1.165) is 38.6 Å². The lowest BCUT2D eigenvalue weighted by Crippen LogP contribution is -2.49. The molecule has 4 amide bonds.